The monoisotopic (exact) mass is 290 g/mol. The molecule has 0 spiro atoms. The smallest absolute Gasteiger partial charge is 0.225 e. The topological polar surface area (TPSA) is 48.5 Å². The van der Waals surface area contributed by atoms with E-state index in [0.717, 1.165) is 38.4 Å². The Balaban J connectivity index is 1.70. The van der Waals surface area contributed by atoms with E-state index in [2.05, 4.69) is 33.9 Å². The molecule has 1 fully saturated rings. The van der Waals surface area contributed by atoms with Crippen molar-refractivity contribution >= 4 is 11.6 Å². The molecule has 2 rings (SSSR count). The Hall–Kier alpha value is -1.46. The van der Waals surface area contributed by atoms with Gasteiger partial charge in [0, 0.05) is 31.7 Å². The number of nitrogens with one attached hydrogen (secondary N) is 1. The first kappa shape index (κ1) is 15.9. The largest absolute Gasteiger partial charge is 0.325 e. The van der Waals surface area contributed by atoms with Gasteiger partial charge >= 0.3 is 0 Å². The quantitative estimate of drug-likeness (QED) is 0.832. The maximum Gasteiger partial charge on any atom is 0.225 e. The summed E-state index contributed by atoms with van der Waals surface area (Å²) < 4.78 is 0. The molecule has 1 saturated heterocycles. The van der Waals surface area contributed by atoms with Crippen molar-refractivity contribution in [3.05, 3.63) is 24.5 Å². The molecule has 1 N–H and O–H groups in total. The van der Waals surface area contributed by atoms with Crippen LogP contribution < -0.4 is 5.32 Å². The number of amides is 1. The number of pyridine rings is 1. The Bertz CT molecular complexity index is 433. The molecule has 5 nitrogen and oxygen atoms in total. The molecule has 1 aromatic rings. The third kappa shape index (κ3) is 4.79. The fourth-order valence-corrected chi connectivity index (χ4v) is 2.97. The van der Waals surface area contributed by atoms with Gasteiger partial charge in [0.1, 0.15) is 0 Å². The molecule has 1 unspecified atom stereocenters. The lowest BCUT2D eigenvalue weighted by Gasteiger charge is -2.26. The van der Waals surface area contributed by atoms with E-state index >= 15 is 0 Å². The molecule has 5 heteroatoms. The number of aromatic nitrogens is 1. The highest BCUT2D eigenvalue weighted by molar-refractivity contribution is 5.90. The fourth-order valence-electron chi connectivity index (χ4n) is 2.97. The van der Waals surface area contributed by atoms with Crippen LogP contribution in [0.15, 0.2) is 24.5 Å². The van der Waals surface area contributed by atoms with Gasteiger partial charge in [0.2, 0.25) is 5.91 Å². The van der Waals surface area contributed by atoms with Gasteiger partial charge in [0.05, 0.1) is 11.9 Å². The number of hydrogen-bond donors (Lipinski definition) is 1. The second kappa shape index (κ2) is 8.10. The van der Waals surface area contributed by atoms with Gasteiger partial charge < -0.3 is 10.2 Å². The van der Waals surface area contributed by atoms with E-state index in [1.165, 1.54) is 6.42 Å². The molecule has 0 aliphatic carbocycles. The third-order valence-electron chi connectivity index (χ3n) is 4.18. The van der Waals surface area contributed by atoms with E-state index in [1.54, 1.807) is 12.4 Å². The summed E-state index contributed by atoms with van der Waals surface area (Å²) in [5.74, 6) is 0.0642. The minimum atomic E-state index is 0.0642. The first-order valence-electron chi connectivity index (χ1n) is 7.89. The average Bonchev–Trinajstić information content (AvgIpc) is 2.96. The van der Waals surface area contributed by atoms with Gasteiger partial charge in [-0.05, 0) is 38.2 Å². The fraction of sp³-hybridized carbons (Fsp3) is 0.625. The van der Waals surface area contributed by atoms with Gasteiger partial charge in [-0.25, -0.2) is 0 Å². The molecule has 21 heavy (non-hydrogen) atoms. The maximum absolute atomic E-state index is 11.9. The van der Waals surface area contributed by atoms with Crippen LogP contribution in [0.4, 0.5) is 5.69 Å². The first-order chi connectivity index (χ1) is 10.2. The molecule has 0 aromatic carbocycles. The molecular formula is C16H26N4O. The predicted molar refractivity (Wildman–Crippen MR) is 85.2 cm³/mol. The van der Waals surface area contributed by atoms with Gasteiger partial charge in [-0.3, -0.25) is 14.7 Å². The molecule has 1 aliphatic rings. The van der Waals surface area contributed by atoms with Gasteiger partial charge in [-0.15, -0.1) is 0 Å². The van der Waals surface area contributed by atoms with Crippen molar-refractivity contribution in [3.63, 3.8) is 0 Å². The van der Waals surface area contributed by atoms with Crippen LogP contribution in [0.3, 0.4) is 0 Å². The lowest BCUT2D eigenvalue weighted by Crippen LogP contribution is -2.37. The first-order valence-corrected chi connectivity index (χ1v) is 7.89. The van der Waals surface area contributed by atoms with Crippen LogP contribution in [0.5, 0.6) is 0 Å². The minimum absolute atomic E-state index is 0.0642. The number of carbonyl (C=O) groups is 1. The Morgan fingerprint density at radius 2 is 2.29 bits per heavy atom. The van der Waals surface area contributed by atoms with Gasteiger partial charge in [-0.2, -0.15) is 0 Å². The van der Waals surface area contributed by atoms with Crippen molar-refractivity contribution in [2.75, 3.05) is 38.0 Å². The average molecular weight is 290 g/mol. The van der Waals surface area contributed by atoms with Crippen LogP contribution in [0.2, 0.25) is 0 Å². The van der Waals surface area contributed by atoms with Crippen molar-refractivity contribution in [2.45, 2.75) is 32.7 Å². The summed E-state index contributed by atoms with van der Waals surface area (Å²) >= 11 is 0. The summed E-state index contributed by atoms with van der Waals surface area (Å²) in [7, 11) is 0. The van der Waals surface area contributed by atoms with Crippen molar-refractivity contribution in [1.82, 2.24) is 14.8 Å². The zero-order valence-electron chi connectivity index (χ0n) is 13.1. The standard InChI is InChI=1S/C16H26N4O/c1-3-20(4-2)15-7-10-19(13-15)11-8-16(21)18-14-6-5-9-17-12-14/h5-6,9,12,15H,3-4,7-8,10-11,13H2,1-2H3,(H,18,21). The Labute approximate surface area is 127 Å². The highest BCUT2D eigenvalue weighted by Gasteiger charge is 2.25. The van der Waals surface area contributed by atoms with Crippen LogP contribution in [-0.2, 0) is 4.79 Å². The van der Waals surface area contributed by atoms with Crippen LogP contribution in [0.1, 0.15) is 26.7 Å². The second-order valence-corrected chi connectivity index (χ2v) is 5.50. The molecule has 0 saturated carbocycles. The number of hydrogen-bond acceptors (Lipinski definition) is 4. The van der Waals surface area contributed by atoms with Crippen LogP contribution in [0.25, 0.3) is 0 Å². The summed E-state index contributed by atoms with van der Waals surface area (Å²) in [6, 6.07) is 4.34. The van der Waals surface area contributed by atoms with Gasteiger partial charge in [0.25, 0.3) is 0 Å². The van der Waals surface area contributed by atoms with E-state index in [1.807, 2.05) is 12.1 Å². The van der Waals surface area contributed by atoms with E-state index in [0.29, 0.717) is 12.5 Å². The molecule has 1 aromatic heterocycles. The van der Waals surface area contributed by atoms with Gasteiger partial charge in [-0.1, -0.05) is 13.8 Å². The number of likely N-dealkylation sites (N-methyl/N-ethyl adjacent to an activating group) is 1. The highest BCUT2D eigenvalue weighted by atomic mass is 16.1. The Morgan fingerprint density at radius 1 is 1.48 bits per heavy atom. The number of carbonyl (C=O) groups excluding carboxylic acids is 1. The SMILES string of the molecule is CCN(CC)C1CCN(CCC(=O)Nc2cccnc2)C1. The molecule has 0 bridgehead atoms. The van der Waals surface area contributed by atoms with E-state index < -0.39 is 0 Å². The molecule has 1 aliphatic heterocycles. The second-order valence-electron chi connectivity index (χ2n) is 5.50. The van der Waals surface area contributed by atoms with Crippen molar-refractivity contribution in [2.24, 2.45) is 0 Å². The summed E-state index contributed by atoms with van der Waals surface area (Å²) in [4.78, 5) is 20.8. The number of rotatable bonds is 7. The summed E-state index contributed by atoms with van der Waals surface area (Å²) in [6.07, 6.45) is 5.13. The van der Waals surface area contributed by atoms with Crippen molar-refractivity contribution in [1.29, 1.82) is 0 Å². The minimum Gasteiger partial charge on any atom is -0.325 e. The summed E-state index contributed by atoms with van der Waals surface area (Å²) in [5.41, 5.74) is 0.768. The van der Waals surface area contributed by atoms with Crippen molar-refractivity contribution < 1.29 is 4.79 Å². The summed E-state index contributed by atoms with van der Waals surface area (Å²) in [5, 5.41) is 2.88. The lowest BCUT2D eigenvalue weighted by molar-refractivity contribution is -0.116. The van der Waals surface area contributed by atoms with Gasteiger partial charge in [0.15, 0.2) is 0 Å². The normalized spacial score (nSPS) is 19.1. The molecular weight excluding hydrogens is 264 g/mol. The zero-order valence-corrected chi connectivity index (χ0v) is 13.1. The Morgan fingerprint density at radius 3 is 2.95 bits per heavy atom. The van der Waals surface area contributed by atoms with E-state index in [9.17, 15) is 4.79 Å². The highest BCUT2D eigenvalue weighted by Crippen LogP contribution is 2.15. The van der Waals surface area contributed by atoms with Crippen LogP contribution in [-0.4, -0.2) is 59.5 Å². The number of likely N-dealkylation sites (tertiary alicyclic amines) is 1. The number of anilines is 1. The third-order valence-corrected chi connectivity index (χ3v) is 4.18. The summed E-state index contributed by atoms with van der Waals surface area (Å²) in [6.45, 7) is 9.67. The maximum atomic E-state index is 11.9. The zero-order chi connectivity index (χ0) is 15.1. The van der Waals surface area contributed by atoms with E-state index in [4.69, 9.17) is 0 Å². The lowest BCUT2D eigenvalue weighted by atomic mass is 10.2. The predicted octanol–water partition coefficient (Wildman–Crippen LogP) is 1.83. The molecule has 2 heterocycles. The van der Waals surface area contributed by atoms with Crippen LogP contribution in [0, 0.1) is 0 Å². The van der Waals surface area contributed by atoms with Crippen LogP contribution >= 0.6 is 0 Å². The van der Waals surface area contributed by atoms with Crippen molar-refractivity contribution in [3.8, 4) is 0 Å². The molecule has 0 radical (unpaired) electrons. The molecule has 116 valence electrons. The molecule has 1 atom stereocenters. The van der Waals surface area contributed by atoms with E-state index in [-0.39, 0.29) is 5.91 Å². The number of nitrogens with zero attached hydrogens (tertiary/aromatic N) is 3. The Kier molecular flexibility index (Phi) is 6.14. The molecule has 1 amide bonds.